The van der Waals surface area contributed by atoms with Gasteiger partial charge in [-0.2, -0.15) is 5.10 Å². The minimum absolute atomic E-state index is 0.0325. The zero-order valence-corrected chi connectivity index (χ0v) is 17.2. The highest BCUT2D eigenvalue weighted by Crippen LogP contribution is 2.22. The summed E-state index contributed by atoms with van der Waals surface area (Å²) in [7, 11) is 0. The maximum absolute atomic E-state index is 13.0. The molecule has 7 nitrogen and oxygen atoms in total. The van der Waals surface area contributed by atoms with E-state index in [4.69, 9.17) is 0 Å². The number of hydrogen-bond acceptors (Lipinski definition) is 4. The van der Waals surface area contributed by atoms with Crippen LogP contribution in [0.1, 0.15) is 30.5 Å². The van der Waals surface area contributed by atoms with Gasteiger partial charge in [0, 0.05) is 62.8 Å². The quantitative estimate of drug-likeness (QED) is 0.667. The summed E-state index contributed by atoms with van der Waals surface area (Å²) in [6, 6.07) is 10.3. The normalized spacial score (nSPS) is 16.7. The van der Waals surface area contributed by atoms with Crippen molar-refractivity contribution in [2.45, 2.75) is 38.6 Å². The van der Waals surface area contributed by atoms with Crippen molar-refractivity contribution in [3.05, 3.63) is 64.3 Å². The van der Waals surface area contributed by atoms with Crippen molar-refractivity contribution in [1.82, 2.24) is 19.1 Å². The van der Waals surface area contributed by atoms with Crippen LogP contribution in [0, 0.1) is 0 Å². The molecule has 3 aromatic rings. The molecule has 1 saturated heterocycles. The van der Waals surface area contributed by atoms with Crippen LogP contribution >= 0.6 is 0 Å². The fourth-order valence-corrected chi connectivity index (χ4v) is 4.66. The molecular weight excluding hydrogens is 378 g/mol. The van der Waals surface area contributed by atoms with Gasteiger partial charge in [-0.1, -0.05) is 18.2 Å². The number of piperazine rings is 1. The monoisotopic (exact) mass is 405 g/mol. The third-order valence-electron chi connectivity index (χ3n) is 6.35. The number of carbonyl (C=O) groups is 1. The first kappa shape index (κ1) is 18.9. The van der Waals surface area contributed by atoms with Gasteiger partial charge in [-0.05, 0) is 37.8 Å². The topological polar surface area (TPSA) is 62.9 Å². The number of amides is 1. The summed E-state index contributed by atoms with van der Waals surface area (Å²) in [5, 5.41) is 4.58. The number of hydrogen-bond donors (Lipinski definition) is 0. The van der Waals surface area contributed by atoms with Crippen molar-refractivity contribution in [3.8, 4) is 0 Å². The van der Waals surface area contributed by atoms with E-state index < -0.39 is 0 Å². The first-order valence-electron chi connectivity index (χ1n) is 10.9. The predicted molar refractivity (Wildman–Crippen MR) is 116 cm³/mol. The van der Waals surface area contributed by atoms with E-state index in [0.717, 1.165) is 63.1 Å². The number of nitrogens with zero attached hydrogens (tertiary/aromatic N) is 5. The Balaban J connectivity index is 1.23. The lowest BCUT2D eigenvalue weighted by Crippen LogP contribution is -2.49. The van der Waals surface area contributed by atoms with E-state index in [1.54, 1.807) is 15.3 Å². The number of aryl methyl sites for hydroxylation is 3. The van der Waals surface area contributed by atoms with Crippen LogP contribution in [0.25, 0.3) is 5.52 Å². The molecule has 1 aliphatic heterocycles. The third kappa shape index (κ3) is 3.49. The Kier molecular flexibility index (Phi) is 5.02. The van der Waals surface area contributed by atoms with Crippen LogP contribution in [0.3, 0.4) is 0 Å². The first-order valence-corrected chi connectivity index (χ1v) is 10.9. The minimum atomic E-state index is -0.0325. The van der Waals surface area contributed by atoms with Crippen LogP contribution in [0.5, 0.6) is 0 Å². The molecule has 0 saturated carbocycles. The molecule has 30 heavy (non-hydrogen) atoms. The van der Waals surface area contributed by atoms with E-state index in [-0.39, 0.29) is 11.5 Å². The largest absolute Gasteiger partial charge is 0.368 e. The van der Waals surface area contributed by atoms with E-state index >= 15 is 0 Å². The Bertz CT molecular complexity index is 1110. The van der Waals surface area contributed by atoms with Gasteiger partial charge < -0.3 is 14.4 Å². The van der Waals surface area contributed by atoms with Gasteiger partial charge in [0.05, 0.1) is 5.69 Å². The van der Waals surface area contributed by atoms with E-state index in [9.17, 15) is 9.59 Å². The highest BCUT2D eigenvalue weighted by atomic mass is 16.2. The standard InChI is InChI=1S/C23H27N5O2/c29-21(26-14-12-25(13-15-26)18-6-2-1-3-7-18)10-11-27-16-17-28-22(23(27)30)19-8-4-5-9-20(19)24-28/h1-3,6-7,16-17H,4-5,8-15H2. The lowest BCUT2D eigenvalue weighted by Gasteiger charge is -2.36. The lowest BCUT2D eigenvalue weighted by molar-refractivity contribution is -0.131. The second-order valence-corrected chi connectivity index (χ2v) is 8.18. The molecule has 5 rings (SSSR count). The Morgan fingerprint density at radius 1 is 0.967 bits per heavy atom. The fraction of sp³-hybridized carbons (Fsp3) is 0.435. The van der Waals surface area contributed by atoms with Crippen LogP contribution < -0.4 is 10.5 Å². The van der Waals surface area contributed by atoms with E-state index in [2.05, 4.69) is 22.1 Å². The minimum Gasteiger partial charge on any atom is -0.368 e. The summed E-state index contributed by atoms with van der Waals surface area (Å²) in [4.78, 5) is 30.0. The highest BCUT2D eigenvalue weighted by Gasteiger charge is 2.22. The van der Waals surface area contributed by atoms with Crippen molar-refractivity contribution in [3.63, 3.8) is 0 Å². The lowest BCUT2D eigenvalue weighted by atomic mass is 9.97. The first-order chi connectivity index (χ1) is 14.7. The second-order valence-electron chi connectivity index (χ2n) is 8.18. The Hall–Kier alpha value is -3.09. The molecule has 2 aliphatic rings. The Morgan fingerprint density at radius 2 is 1.73 bits per heavy atom. The number of aromatic nitrogens is 3. The average Bonchev–Trinajstić information content (AvgIpc) is 3.18. The molecule has 156 valence electrons. The van der Waals surface area contributed by atoms with Crippen molar-refractivity contribution < 1.29 is 4.79 Å². The number of fused-ring (bicyclic) bond motifs is 3. The summed E-state index contributed by atoms with van der Waals surface area (Å²) in [6.07, 6.45) is 8.06. The summed E-state index contributed by atoms with van der Waals surface area (Å²) in [5.41, 5.74) is 4.02. The smallest absolute Gasteiger partial charge is 0.276 e. The molecule has 0 spiro atoms. The zero-order chi connectivity index (χ0) is 20.5. The number of benzene rings is 1. The van der Waals surface area contributed by atoms with Crippen LogP contribution in [0.15, 0.2) is 47.5 Å². The van der Waals surface area contributed by atoms with Gasteiger partial charge in [-0.25, -0.2) is 4.52 Å². The summed E-state index contributed by atoms with van der Waals surface area (Å²) in [5.74, 6) is 0.116. The van der Waals surface area contributed by atoms with Crippen molar-refractivity contribution in [1.29, 1.82) is 0 Å². The predicted octanol–water partition coefficient (Wildman–Crippen LogP) is 2.11. The molecule has 0 radical (unpaired) electrons. The third-order valence-corrected chi connectivity index (χ3v) is 6.35. The van der Waals surface area contributed by atoms with Crippen molar-refractivity contribution >= 4 is 17.1 Å². The molecule has 3 heterocycles. The molecule has 0 N–H and O–H groups in total. The number of carbonyl (C=O) groups excluding carboxylic acids is 1. The van der Waals surface area contributed by atoms with E-state index in [0.29, 0.717) is 18.5 Å². The molecule has 1 aliphatic carbocycles. The van der Waals surface area contributed by atoms with Gasteiger partial charge in [0.25, 0.3) is 5.56 Å². The number of anilines is 1. The SMILES string of the molecule is O=C(CCn1ccn2nc3c(c2c1=O)CCCC3)N1CCN(c2ccccc2)CC1. The Morgan fingerprint density at radius 3 is 2.53 bits per heavy atom. The number of para-hydroxylation sites is 1. The molecule has 1 amide bonds. The molecular formula is C23H27N5O2. The molecule has 7 heteroatoms. The van der Waals surface area contributed by atoms with Gasteiger partial charge in [0.2, 0.25) is 5.91 Å². The number of rotatable bonds is 4. The van der Waals surface area contributed by atoms with Crippen LogP contribution in [-0.2, 0) is 24.2 Å². The molecule has 0 atom stereocenters. The van der Waals surface area contributed by atoms with Gasteiger partial charge in [-0.15, -0.1) is 0 Å². The van der Waals surface area contributed by atoms with Crippen LogP contribution in [-0.4, -0.2) is 51.2 Å². The van der Waals surface area contributed by atoms with Crippen LogP contribution in [0.2, 0.25) is 0 Å². The average molecular weight is 406 g/mol. The molecule has 1 aromatic carbocycles. The van der Waals surface area contributed by atoms with E-state index in [1.807, 2.05) is 29.3 Å². The molecule has 0 bridgehead atoms. The van der Waals surface area contributed by atoms with Gasteiger partial charge in [0.15, 0.2) is 0 Å². The zero-order valence-electron chi connectivity index (χ0n) is 17.2. The fourth-order valence-electron chi connectivity index (χ4n) is 4.66. The van der Waals surface area contributed by atoms with E-state index in [1.165, 1.54) is 5.69 Å². The van der Waals surface area contributed by atoms with Gasteiger partial charge in [0.1, 0.15) is 5.52 Å². The van der Waals surface area contributed by atoms with Crippen LogP contribution in [0.4, 0.5) is 5.69 Å². The summed E-state index contributed by atoms with van der Waals surface area (Å²) >= 11 is 0. The maximum Gasteiger partial charge on any atom is 0.276 e. The molecule has 0 unspecified atom stereocenters. The molecule has 2 aromatic heterocycles. The van der Waals surface area contributed by atoms with Crippen molar-refractivity contribution in [2.75, 3.05) is 31.1 Å². The summed E-state index contributed by atoms with van der Waals surface area (Å²) in [6.45, 7) is 3.52. The van der Waals surface area contributed by atoms with Gasteiger partial charge in [-0.3, -0.25) is 9.59 Å². The maximum atomic E-state index is 13.0. The second kappa shape index (κ2) is 7.97. The summed E-state index contributed by atoms with van der Waals surface area (Å²) < 4.78 is 3.39. The highest BCUT2D eigenvalue weighted by molar-refractivity contribution is 5.76. The van der Waals surface area contributed by atoms with Crippen molar-refractivity contribution in [2.24, 2.45) is 0 Å². The van der Waals surface area contributed by atoms with Gasteiger partial charge >= 0.3 is 0 Å². The molecule has 1 fully saturated rings. The Labute approximate surface area is 175 Å².